The molecule has 3 aromatic heterocycles. The van der Waals surface area contributed by atoms with Crippen LogP contribution in [0.15, 0.2) is 65.8 Å². The van der Waals surface area contributed by atoms with E-state index in [-0.39, 0.29) is 5.91 Å². The number of aryl methyl sites for hydroxylation is 2. The smallest absolute Gasteiger partial charge is 0.289 e. The summed E-state index contributed by atoms with van der Waals surface area (Å²) in [6.45, 7) is 5.90. The summed E-state index contributed by atoms with van der Waals surface area (Å²) in [6.07, 6.45) is 1.65. The van der Waals surface area contributed by atoms with Crippen molar-refractivity contribution in [2.45, 2.75) is 20.8 Å². The van der Waals surface area contributed by atoms with Crippen LogP contribution >= 0.6 is 0 Å². The normalized spacial score (nSPS) is 11.5. The van der Waals surface area contributed by atoms with Crippen LogP contribution in [0.3, 0.4) is 0 Å². The monoisotopic (exact) mass is 437 g/mol. The van der Waals surface area contributed by atoms with Gasteiger partial charge >= 0.3 is 0 Å². The molecule has 0 radical (unpaired) electrons. The first kappa shape index (κ1) is 20.4. The lowest BCUT2D eigenvalue weighted by Gasteiger charge is -2.04. The molecule has 0 atom stereocenters. The van der Waals surface area contributed by atoms with Crippen molar-refractivity contribution in [3.8, 4) is 16.9 Å². The van der Waals surface area contributed by atoms with Crippen molar-refractivity contribution in [2.24, 2.45) is 5.10 Å². The van der Waals surface area contributed by atoms with Gasteiger partial charge in [0.2, 0.25) is 0 Å². The Hall–Kier alpha value is -4.46. The largest absolute Gasteiger partial charge is 0.358 e. The highest BCUT2D eigenvalue weighted by Crippen LogP contribution is 2.27. The quantitative estimate of drug-likeness (QED) is 0.280. The summed E-state index contributed by atoms with van der Waals surface area (Å²) in [5.41, 5.74) is 10.2. The topological polar surface area (TPSA) is 104 Å². The van der Waals surface area contributed by atoms with Gasteiger partial charge < -0.3 is 4.98 Å². The molecule has 5 aromatic rings. The number of aromatic nitrogens is 5. The van der Waals surface area contributed by atoms with Crippen LogP contribution in [0.2, 0.25) is 0 Å². The summed E-state index contributed by atoms with van der Waals surface area (Å²) in [7, 11) is 0. The Labute approximate surface area is 190 Å². The van der Waals surface area contributed by atoms with Gasteiger partial charge in [0.05, 0.1) is 29.0 Å². The summed E-state index contributed by atoms with van der Waals surface area (Å²) in [5, 5.41) is 17.0. The average molecular weight is 438 g/mol. The van der Waals surface area contributed by atoms with Crippen LogP contribution in [-0.4, -0.2) is 37.1 Å². The molecule has 0 fully saturated rings. The van der Waals surface area contributed by atoms with Gasteiger partial charge in [-0.15, -0.1) is 0 Å². The molecule has 33 heavy (non-hydrogen) atoms. The minimum absolute atomic E-state index is 0.323. The first-order valence-corrected chi connectivity index (χ1v) is 10.6. The lowest BCUT2D eigenvalue weighted by molar-refractivity contribution is 0.0950. The minimum Gasteiger partial charge on any atom is -0.358 e. The maximum atomic E-state index is 12.6. The van der Waals surface area contributed by atoms with Gasteiger partial charge in [0, 0.05) is 27.7 Å². The molecule has 0 saturated carbocycles. The van der Waals surface area contributed by atoms with Crippen LogP contribution < -0.4 is 5.43 Å². The van der Waals surface area contributed by atoms with E-state index in [1.54, 1.807) is 12.3 Å². The Morgan fingerprint density at radius 1 is 1.06 bits per heavy atom. The van der Waals surface area contributed by atoms with Gasteiger partial charge in [-0.25, -0.2) is 10.1 Å². The highest BCUT2D eigenvalue weighted by Gasteiger charge is 2.19. The van der Waals surface area contributed by atoms with Gasteiger partial charge in [0.15, 0.2) is 0 Å². The summed E-state index contributed by atoms with van der Waals surface area (Å²) < 4.78 is 1.88. The second kappa shape index (κ2) is 8.23. The number of hydrogen-bond acceptors (Lipinski definition) is 4. The van der Waals surface area contributed by atoms with E-state index in [0.29, 0.717) is 11.4 Å². The van der Waals surface area contributed by atoms with Crippen molar-refractivity contribution in [1.29, 1.82) is 0 Å². The first-order chi connectivity index (χ1) is 16.0. The fourth-order valence-electron chi connectivity index (χ4n) is 4.08. The number of hydrazone groups is 1. The molecule has 8 heteroatoms. The second-order valence-corrected chi connectivity index (χ2v) is 7.87. The highest BCUT2D eigenvalue weighted by atomic mass is 16.2. The third-order valence-corrected chi connectivity index (χ3v) is 5.67. The van der Waals surface area contributed by atoms with Crippen molar-refractivity contribution in [3.05, 3.63) is 89.0 Å². The maximum Gasteiger partial charge on any atom is 0.289 e. The highest BCUT2D eigenvalue weighted by molar-refractivity contribution is 6.01. The van der Waals surface area contributed by atoms with Crippen LogP contribution in [0.25, 0.3) is 27.8 Å². The Morgan fingerprint density at radius 2 is 1.82 bits per heavy atom. The number of amides is 1. The average Bonchev–Trinajstić information content (AvgIpc) is 3.50. The Morgan fingerprint density at radius 3 is 2.64 bits per heavy atom. The Bertz CT molecular complexity index is 1490. The molecular weight excluding hydrogens is 414 g/mol. The van der Waals surface area contributed by atoms with Crippen molar-refractivity contribution in [3.63, 3.8) is 0 Å². The number of nitrogens with zero attached hydrogens (tertiary/aromatic N) is 4. The first-order valence-electron chi connectivity index (χ1n) is 10.6. The van der Waals surface area contributed by atoms with E-state index in [4.69, 9.17) is 0 Å². The zero-order chi connectivity index (χ0) is 22.9. The standard InChI is InChI=1S/C25H23N7O/c1-15-20(19-11-7-8-12-21(19)27-15)14-26-30-25(33)23-13-22(28-29-23)24-16(2)31-32(17(24)3)18-9-5-4-6-10-18/h4-14,27H,1-3H3,(H,28,29)(H,30,33)/b26-14+. The molecular formula is C25H23N7O. The predicted octanol–water partition coefficient (Wildman–Crippen LogP) is 4.43. The van der Waals surface area contributed by atoms with Crippen LogP contribution in [0, 0.1) is 20.8 Å². The summed E-state index contributed by atoms with van der Waals surface area (Å²) in [4.78, 5) is 16.0. The van der Waals surface area contributed by atoms with E-state index in [1.807, 2.05) is 80.1 Å². The third kappa shape index (κ3) is 3.71. The summed E-state index contributed by atoms with van der Waals surface area (Å²) in [6, 6.07) is 19.6. The van der Waals surface area contributed by atoms with Crippen LogP contribution in [0.1, 0.15) is 33.1 Å². The molecule has 3 N–H and O–H groups in total. The molecule has 0 unspecified atom stereocenters. The van der Waals surface area contributed by atoms with Crippen molar-refractivity contribution in [2.75, 3.05) is 0 Å². The van der Waals surface area contributed by atoms with E-state index in [1.165, 1.54) is 0 Å². The number of rotatable bonds is 5. The molecule has 2 aromatic carbocycles. The molecule has 5 rings (SSSR count). The number of aromatic amines is 2. The number of carbonyl (C=O) groups is 1. The number of fused-ring (bicyclic) bond motifs is 1. The van der Waals surface area contributed by atoms with Crippen molar-refractivity contribution < 1.29 is 4.79 Å². The molecule has 0 bridgehead atoms. The molecule has 1 amide bonds. The fourth-order valence-corrected chi connectivity index (χ4v) is 4.08. The third-order valence-electron chi connectivity index (χ3n) is 5.67. The van der Waals surface area contributed by atoms with Gasteiger partial charge in [-0.3, -0.25) is 9.89 Å². The minimum atomic E-state index is -0.367. The molecule has 8 nitrogen and oxygen atoms in total. The van der Waals surface area contributed by atoms with Gasteiger partial charge in [0.25, 0.3) is 5.91 Å². The lowest BCUT2D eigenvalue weighted by Crippen LogP contribution is -2.18. The number of carbonyl (C=O) groups excluding carboxylic acids is 1. The maximum absolute atomic E-state index is 12.6. The van der Waals surface area contributed by atoms with E-state index >= 15 is 0 Å². The SMILES string of the molecule is Cc1nn(-c2ccccc2)c(C)c1-c1cc(C(=O)N/N=C/c2c(C)[nH]c3ccccc23)[nH]n1. The number of hydrogen-bond donors (Lipinski definition) is 3. The number of H-pyrrole nitrogens is 2. The van der Waals surface area contributed by atoms with Gasteiger partial charge in [-0.1, -0.05) is 36.4 Å². The van der Waals surface area contributed by atoms with E-state index in [9.17, 15) is 4.79 Å². The fraction of sp³-hybridized carbons (Fsp3) is 0.120. The van der Waals surface area contributed by atoms with Crippen molar-refractivity contribution >= 4 is 23.0 Å². The molecule has 0 saturated heterocycles. The van der Waals surface area contributed by atoms with Crippen molar-refractivity contribution in [1.82, 2.24) is 30.4 Å². The van der Waals surface area contributed by atoms with E-state index < -0.39 is 0 Å². The molecule has 164 valence electrons. The van der Waals surface area contributed by atoms with Crippen LogP contribution in [0.5, 0.6) is 0 Å². The van der Waals surface area contributed by atoms with Crippen LogP contribution in [-0.2, 0) is 0 Å². The molecule has 0 aliphatic rings. The summed E-state index contributed by atoms with van der Waals surface area (Å²) >= 11 is 0. The predicted molar refractivity (Wildman–Crippen MR) is 129 cm³/mol. The molecule has 0 aliphatic heterocycles. The van der Waals surface area contributed by atoms with Gasteiger partial charge in [0.1, 0.15) is 5.69 Å². The molecule has 0 aliphatic carbocycles. The summed E-state index contributed by atoms with van der Waals surface area (Å²) in [5.74, 6) is -0.367. The van der Waals surface area contributed by atoms with Crippen LogP contribution in [0.4, 0.5) is 0 Å². The lowest BCUT2D eigenvalue weighted by atomic mass is 10.1. The number of para-hydroxylation sites is 2. The molecule has 0 spiro atoms. The Balaban J connectivity index is 1.36. The Kier molecular flexibility index (Phi) is 5.10. The zero-order valence-electron chi connectivity index (χ0n) is 18.5. The van der Waals surface area contributed by atoms with Gasteiger partial charge in [-0.2, -0.15) is 15.3 Å². The molecule has 3 heterocycles. The number of benzene rings is 2. The van der Waals surface area contributed by atoms with E-state index in [0.717, 1.165) is 44.8 Å². The van der Waals surface area contributed by atoms with E-state index in [2.05, 4.69) is 30.8 Å². The van der Waals surface area contributed by atoms with Gasteiger partial charge in [-0.05, 0) is 45.0 Å². The number of nitrogens with one attached hydrogen (secondary N) is 3. The zero-order valence-corrected chi connectivity index (χ0v) is 18.5. The second-order valence-electron chi connectivity index (χ2n) is 7.87.